The van der Waals surface area contributed by atoms with Crippen LogP contribution in [0.3, 0.4) is 0 Å². The van der Waals surface area contributed by atoms with Gasteiger partial charge in [0.15, 0.2) is 6.29 Å². The van der Waals surface area contributed by atoms with E-state index in [2.05, 4.69) is 14.8 Å². The number of hydrogen-bond acceptors (Lipinski definition) is 4. The van der Waals surface area contributed by atoms with Crippen molar-refractivity contribution >= 4 is 11.8 Å². The van der Waals surface area contributed by atoms with Gasteiger partial charge in [-0.15, -0.1) is 0 Å². The number of carbonyl (C=O) groups excluding carboxylic acids is 2. The predicted molar refractivity (Wildman–Crippen MR) is 61.7 cm³/mol. The van der Waals surface area contributed by atoms with Gasteiger partial charge in [0.2, 0.25) is 0 Å². The molecule has 0 radical (unpaired) electrons. The van der Waals surface area contributed by atoms with Crippen molar-refractivity contribution in [1.29, 1.82) is 0 Å². The monoisotopic (exact) mass is 237 g/mol. The molecule has 1 aromatic rings. The first kappa shape index (κ1) is 13.3. The van der Waals surface area contributed by atoms with Crippen molar-refractivity contribution in [2.75, 3.05) is 14.2 Å². The molecule has 0 fully saturated rings. The summed E-state index contributed by atoms with van der Waals surface area (Å²) in [6, 6.07) is 6.74. The van der Waals surface area contributed by atoms with Crippen molar-refractivity contribution in [2.24, 2.45) is 0 Å². The molecule has 1 aliphatic rings. The molecule has 2 amide bonds. The van der Waals surface area contributed by atoms with Gasteiger partial charge in [-0.3, -0.25) is 14.9 Å². The van der Waals surface area contributed by atoms with Gasteiger partial charge in [0, 0.05) is 14.2 Å². The van der Waals surface area contributed by atoms with Crippen molar-refractivity contribution in [3.05, 3.63) is 35.4 Å². The molecule has 0 saturated carbocycles. The highest BCUT2D eigenvalue weighted by molar-refractivity contribution is 6.21. The van der Waals surface area contributed by atoms with Crippen LogP contribution in [0.5, 0.6) is 0 Å². The Morgan fingerprint density at radius 2 is 1.41 bits per heavy atom. The lowest BCUT2D eigenvalue weighted by Crippen LogP contribution is -2.19. The van der Waals surface area contributed by atoms with Crippen LogP contribution in [0.25, 0.3) is 0 Å². The Hall–Kier alpha value is -1.72. The lowest BCUT2D eigenvalue weighted by molar-refractivity contribution is -0.0877. The van der Waals surface area contributed by atoms with Crippen LogP contribution < -0.4 is 5.32 Å². The van der Waals surface area contributed by atoms with Gasteiger partial charge in [-0.2, -0.15) is 0 Å². The predicted octanol–water partition coefficient (Wildman–Crippen LogP) is 1.20. The Morgan fingerprint density at radius 3 is 1.71 bits per heavy atom. The summed E-state index contributed by atoms with van der Waals surface area (Å²) < 4.78 is 9.35. The molecule has 0 saturated heterocycles. The number of rotatable bonds is 2. The number of nitrogens with one attached hydrogen (secondary N) is 1. The second-order valence-corrected chi connectivity index (χ2v) is 3.37. The van der Waals surface area contributed by atoms with E-state index in [-0.39, 0.29) is 18.1 Å². The van der Waals surface area contributed by atoms with E-state index in [0.29, 0.717) is 11.1 Å². The van der Waals surface area contributed by atoms with Crippen LogP contribution in [-0.4, -0.2) is 32.3 Å². The third-order valence-electron chi connectivity index (χ3n) is 2.31. The second-order valence-electron chi connectivity index (χ2n) is 3.37. The highest BCUT2D eigenvalue weighted by atomic mass is 16.7. The topological polar surface area (TPSA) is 64.6 Å². The van der Waals surface area contributed by atoms with Gasteiger partial charge in [0.25, 0.3) is 11.8 Å². The van der Waals surface area contributed by atoms with E-state index in [1.807, 2.05) is 6.92 Å². The summed E-state index contributed by atoms with van der Waals surface area (Å²) in [5, 5.41) is 2.20. The van der Waals surface area contributed by atoms with E-state index in [9.17, 15) is 9.59 Å². The number of fused-ring (bicyclic) bond motifs is 1. The summed E-state index contributed by atoms with van der Waals surface area (Å²) in [4.78, 5) is 21.9. The van der Waals surface area contributed by atoms with E-state index in [1.165, 1.54) is 0 Å². The quantitative estimate of drug-likeness (QED) is 0.620. The summed E-state index contributed by atoms with van der Waals surface area (Å²) in [7, 11) is 3.21. The molecule has 5 nitrogen and oxygen atoms in total. The number of amides is 2. The van der Waals surface area contributed by atoms with Gasteiger partial charge in [-0.05, 0) is 19.1 Å². The first-order valence-electron chi connectivity index (χ1n) is 5.10. The fraction of sp³-hybridized carbons (Fsp3) is 0.333. The van der Waals surface area contributed by atoms with Gasteiger partial charge in [0.05, 0.1) is 11.1 Å². The maximum absolute atomic E-state index is 10.9. The molecule has 2 rings (SSSR count). The highest BCUT2D eigenvalue weighted by Gasteiger charge is 2.25. The first-order valence-corrected chi connectivity index (χ1v) is 5.10. The average Bonchev–Trinajstić information content (AvgIpc) is 2.66. The third-order valence-corrected chi connectivity index (χ3v) is 2.31. The fourth-order valence-electron chi connectivity index (χ4n) is 1.21. The van der Waals surface area contributed by atoms with E-state index in [4.69, 9.17) is 0 Å². The van der Waals surface area contributed by atoms with Crippen LogP contribution in [0.2, 0.25) is 0 Å². The SMILES string of the molecule is COC(C)OC.O=C1NC(=O)c2ccccc21. The minimum atomic E-state index is -0.300. The van der Waals surface area contributed by atoms with Gasteiger partial charge >= 0.3 is 0 Å². The van der Waals surface area contributed by atoms with Crippen molar-refractivity contribution < 1.29 is 19.1 Å². The molecule has 1 N–H and O–H groups in total. The molecule has 1 heterocycles. The van der Waals surface area contributed by atoms with Gasteiger partial charge < -0.3 is 9.47 Å². The smallest absolute Gasteiger partial charge is 0.258 e. The van der Waals surface area contributed by atoms with Crippen LogP contribution in [-0.2, 0) is 9.47 Å². The Bertz CT molecular complexity index is 380. The molecule has 0 aromatic heterocycles. The fourth-order valence-corrected chi connectivity index (χ4v) is 1.21. The van der Waals surface area contributed by atoms with Gasteiger partial charge in [-0.1, -0.05) is 12.1 Å². The molecule has 0 unspecified atom stereocenters. The number of ether oxygens (including phenoxy) is 2. The molecule has 17 heavy (non-hydrogen) atoms. The highest BCUT2D eigenvalue weighted by Crippen LogP contribution is 2.13. The molecule has 0 bridgehead atoms. The minimum absolute atomic E-state index is 0.0648. The lowest BCUT2D eigenvalue weighted by atomic mass is 10.1. The molecule has 0 aliphatic carbocycles. The number of hydrogen-bond donors (Lipinski definition) is 1. The normalized spacial score (nSPS) is 12.9. The summed E-state index contributed by atoms with van der Waals surface area (Å²) in [6.45, 7) is 1.83. The molecule has 1 aromatic carbocycles. The molecule has 92 valence electrons. The molecule has 0 atom stereocenters. The molecule has 5 heteroatoms. The molecular formula is C12H15NO4. The van der Waals surface area contributed by atoms with E-state index in [1.54, 1.807) is 38.5 Å². The number of imide groups is 1. The summed E-state index contributed by atoms with van der Waals surface area (Å²) in [5.74, 6) is -0.601. The zero-order valence-corrected chi connectivity index (χ0v) is 10.0. The number of methoxy groups -OCH3 is 2. The Morgan fingerprint density at radius 1 is 1.00 bits per heavy atom. The standard InChI is InChI=1S/C8H5NO2.C4H10O2/c10-7-5-3-1-2-4-6(5)8(11)9-7;1-4(5-2)6-3/h1-4H,(H,9,10,11);4H,1-3H3. The van der Waals surface area contributed by atoms with Crippen molar-refractivity contribution in [2.45, 2.75) is 13.2 Å². The largest absolute Gasteiger partial charge is 0.356 e. The van der Waals surface area contributed by atoms with Crippen LogP contribution in [0, 0.1) is 0 Å². The summed E-state index contributed by atoms with van der Waals surface area (Å²) in [5.41, 5.74) is 0.940. The van der Waals surface area contributed by atoms with Crippen molar-refractivity contribution in [1.82, 2.24) is 5.32 Å². The Labute approximate surface area is 99.7 Å². The maximum Gasteiger partial charge on any atom is 0.258 e. The third kappa shape index (κ3) is 3.37. The molecule has 0 spiro atoms. The zero-order valence-electron chi connectivity index (χ0n) is 10.0. The van der Waals surface area contributed by atoms with Crippen molar-refractivity contribution in [3.63, 3.8) is 0 Å². The van der Waals surface area contributed by atoms with E-state index in [0.717, 1.165) is 0 Å². The van der Waals surface area contributed by atoms with Crippen LogP contribution >= 0.6 is 0 Å². The maximum atomic E-state index is 10.9. The Balaban J connectivity index is 0.000000209. The number of benzene rings is 1. The average molecular weight is 237 g/mol. The van der Waals surface area contributed by atoms with E-state index < -0.39 is 0 Å². The van der Waals surface area contributed by atoms with Gasteiger partial charge in [-0.25, -0.2) is 0 Å². The molecule has 1 aliphatic heterocycles. The Kier molecular flexibility index (Phi) is 4.81. The van der Waals surface area contributed by atoms with Crippen LogP contribution in [0.1, 0.15) is 27.6 Å². The molecular weight excluding hydrogens is 222 g/mol. The summed E-state index contributed by atoms with van der Waals surface area (Å²) in [6.07, 6.45) is -0.0648. The van der Waals surface area contributed by atoms with E-state index >= 15 is 0 Å². The lowest BCUT2D eigenvalue weighted by Gasteiger charge is -2.03. The van der Waals surface area contributed by atoms with Gasteiger partial charge in [0.1, 0.15) is 0 Å². The first-order chi connectivity index (χ1) is 8.10. The van der Waals surface area contributed by atoms with Crippen LogP contribution in [0.4, 0.5) is 0 Å². The zero-order chi connectivity index (χ0) is 12.8. The number of carbonyl (C=O) groups is 2. The summed E-state index contributed by atoms with van der Waals surface area (Å²) >= 11 is 0. The second kappa shape index (κ2) is 6.12. The van der Waals surface area contributed by atoms with Crippen LogP contribution in [0.15, 0.2) is 24.3 Å². The minimum Gasteiger partial charge on any atom is -0.356 e. The van der Waals surface area contributed by atoms with Crippen molar-refractivity contribution in [3.8, 4) is 0 Å².